The van der Waals surface area contributed by atoms with Crippen molar-refractivity contribution in [3.8, 4) is 0 Å². The summed E-state index contributed by atoms with van der Waals surface area (Å²) in [4.78, 5) is 4.48. The quantitative estimate of drug-likeness (QED) is 0.278. The number of benzene rings is 2. The number of rotatable bonds is 9. The number of nitrogens with zero attached hydrogens (tertiary/aromatic N) is 4. The van der Waals surface area contributed by atoms with Crippen LogP contribution in [0.4, 0.5) is 0 Å². The van der Waals surface area contributed by atoms with E-state index in [1.54, 1.807) is 34.9 Å². The molecule has 154 valence electrons. The number of aromatic nitrogens is 4. The average molecular weight is 455 g/mol. The molecular formula is C22H22N4OS3. The first-order valence-electron chi connectivity index (χ1n) is 9.69. The van der Waals surface area contributed by atoms with E-state index >= 15 is 0 Å². The Hall–Kier alpha value is -2.16. The maximum Gasteiger partial charge on any atom is 0.237 e. The van der Waals surface area contributed by atoms with Crippen LogP contribution in [0.25, 0.3) is 0 Å². The summed E-state index contributed by atoms with van der Waals surface area (Å²) in [6.07, 6.45) is 0.673. The summed E-state index contributed by atoms with van der Waals surface area (Å²) in [5.41, 5.74) is 3.83. The Bertz CT molecular complexity index is 1060. The number of hydrogen-bond acceptors (Lipinski definition) is 8. The smallest absolute Gasteiger partial charge is 0.237 e. The van der Waals surface area contributed by atoms with Crippen LogP contribution in [-0.4, -0.2) is 20.3 Å². The molecule has 30 heavy (non-hydrogen) atoms. The Morgan fingerprint density at radius 1 is 0.867 bits per heavy atom. The van der Waals surface area contributed by atoms with Gasteiger partial charge in [0.2, 0.25) is 5.89 Å². The van der Waals surface area contributed by atoms with Crippen LogP contribution in [0.2, 0.25) is 0 Å². The van der Waals surface area contributed by atoms with Crippen molar-refractivity contribution in [3.63, 3.8) is 0 Å². The van der Waals surface area contributed by atoms with Gasteiger partial charge in [-0.2, -0.15) is 4.98 Å². The van der Waals surface area contributed by atoms with Crippen molar-refractivity contribution >= 4 is 34.9 Å². The largest absolute Gasteiger partial charge is 0.338 e. The summed E-state index contributed by atoms with van der Waals surface area (Å²) in [5.74, 6) is 3.36. The lowest BCUT2D eigenvalue weighted by atomic mass is 10.0. The van der Waals surface area contributed by atoms with Gasteiger partial charge < -0.3 is 4.52 Å². The molecule has 5 nitrogen and oxygen atoms in total. The van der Waals surface area contributed by atoms with Crippen molar-refractivity contribution in [1.82, 2.24) is 20.3 Å². The van der Waals surface area contributed by atoms with E-state index in [0.29, 0.717) is 29.8 Å². The molecule has 0 saturated carbocycles. The van der Waals surface area contributed by atoms with Crippen LogP contribution < -0.4 is 0 Å². The van der Waals surface area contributed by atoms with E-state index in [0.717, 1.165) is 14.4 Å². The minimum absolute atomic E-state index is 0.558. The molecule has 2 heterocycles. The lowest BCUT2D eigenvalue weighted by Gasteiger charge is -2.05. The molecule has 0 bridgehead atoms. The molecular weight excluding hydrogens is 432 g/mol. The third-order valence-electron chi connectivity index (χ3n) is 4.43. The van der Waals surface area contributed by atoms with E-state index in [1.165, 1.54) is 16.7 Å². The number of thioether (sulfide) groups is 2. The lowest BCUT2D eigenvalue weighted by molar-refractivity contribution is 0.386. The molecule has 0 fully saturated rings. The van der Waals surface area contributed by atoms with Crippen molar-refractivity contribution < 1.29 is 4.52 Å². The molecule has 0 atom stereocenters. The molecule has 2 aromatic heterocycles. The highest BCUT2D eigenvalue weighted by atomic mass is 32.2. The zero-order valence-corrected chi connectivity index (χ0v) is 19.3. The van der Waals surface area contributed by atoms with Gasteiger partial charge in [-0.15, -0.1) is 10.2 Å². The van der Waals surface area contributed by atoms with Crippen molar-refractivity contribution in [2.45, 2.75) is 46.4 Å². The van der Waals surface area contributed by atoms with Crippen LogP contribution in [0.1, 0.15) is 48.2 Å². The van der Waals surface area contributed by atoms with Gasteiger partial charge in [0.1, 0.15) is 0 Å². The van der Waals surface area contributed by atoms with Gasteiger partial charge in [-0.05, 0) is 22.6 Å². The molecule has 0 N–H and O–H groups in total. The lowest BCUT2D eigenvalue weighted by Crippen LogP contribution is -1.90. The monoisotopic (exact) mass is 454 g/mol. The molecule has 8 heteroatoms. The molecule has 0 aliphatic rings. The zero-order chi connectivity index (χ0) is 20.8. The molecule has 0 spiro atoms. The maximum atomic E-state index is 5.37. The molecule has 4 aromatic rings. The Morgan fingerprint density at radius 3 is 2.27 bits per heavy atom. The van der Waals surface area contributed by atoms with E-state index < -0.39 is 0 Å². The minimum atomic E-state index is 0.558. The first kappa shape index (κ1) is 21.1. The average Bonchev–Trinajstić information content (AvgIpc) is 3.41. The Balaban J connectivity index is 1.25. The Morgan fingerprint density at radius 2 is 1.57 bits per heavy atom. The molecule has 0 aliphatic heterocycles. The van der Waals surface area contributed by atoms with Crippen LogP contribution in [0.5, 0.6) is 0 Å². The van der Waals surface area contributed by atoms with Gasteiger partial charge >= 0.3 is 0 Å². The summed E-state index contributed by atoms with van der Waals surface area (Å²) in [6.45, 7) is 4.42. The fourth-order valence-corrected chi connectivity index (χ4v) is 5.59. The van der Waals surface area contributed by atoms with E-state index in [-0.39, 0.29) is 0 Å². The molecule has 0 aliphatic carbocycles. The van der Waals surface area contributed by atoms with Gasteiger partial charge in [-0.1, -0.05) is 108 Å². The van der Waals surface area contributed by atoms with Crippen molar-refractivity contribution in [3.05, 3.63) is 83.0 Å². The second-order valence-electron chi connectivity index (χ2n) is 7.07. The summed E-state index contributed by atoms with van der Waals surface area (Å²) in [5, 5.41) is 12.6. The first-order valence-corrected chi connectivity index (χ1v) is 12.5. The van der Waals surface area contributed by atoms with E-state index in [9.17, 15) is 0 Å². The molecule has 0 radical (unpaired) electrons. The summed E-state index contributed by atoms with van der Waals surface area (Å²) < 4.78 is 7.25. The van der Waals surface area contributed by atoms with E-state index in [1.807, 2.05) is 18.2 Å². The van der Waals surface area contributed by atoms with Gasteiger partial charge in [0.05, 0.1) is 5.75 Å². The molecule has 0 saturated heterocycles. The second-order valence-corrected chi connectivity index (χ2v) is 10.5. The van der Waals surface area contributed by atoms with E-state index in [4.69, 9.17) is 4.52 Å². The van der Waals surface area contributed by atoms with Crippen LogP contribution in [0.15, 0.2) is 67.8 Å². The molecule has 0 unspecified atom stereocenters. The standard InChI is InChI=1S/C22H22N4OS3/c1-15(2)18-10-8-17(9-11-18)13-28-21-24-25-22(30-21)29-14-20-23-19(26-27-20)12-16-6-4-3-5-7-16/h3-11,15H,12-14H2,1-2H3. The molecule has 0 amide bonds. The van der Waals surface area contributed by atoms with Gasteiger partial charge in [0.15, 0.2) is 14.5 Å². The van der Waals surface area contributed by atoms with Crippen LogP contribution in [-0.2, 0) is 17.9 Å². The maximum absolute atomic E-state index is 5.37. The van der Waals surface area contributed by atoms with Gasteiger partial charge in [0, 0.05) is 12.2 Å². The van der Waals surface area contributed by atoms with Gasteiger partial charge in [-0.25, -0.2) is 0 Å². The van der Waals surface area contributed by atoms with Crippen LogP contribution >= 0.6 is 34.9 Å². The predicted molar refractivity (Wildman–Crippen MR) is 123 cm³/mol. The van der Waals surface area contributed by atoms with Crippen LogP contribution in [0.3, 0.4) is 0 Å². The fraction of sp³-hybridized carbons (Fsp3) is 0.273. The molecule has 4 rings (SSSR count). The highest BCUT2D eigenvalue weighted by Crippen LogP contribution is 2.32. The zero-order valence-electron chi connectivity index (χ0n) is 16.8. The van der Waals surface area contributed by atoms with Crippen molar-refractivity contribution in [2.75, 3.05) is 0 Å². The van der Waals surface area contributed by atoms with Gasteiger partial charge in [0.25, 0.3) is 0 Å². The topological polar surface area (TPSA) is 64.7 Å². The number of hydrogen-bond donors (Lipinski definition) is 0. The first-order chi connectivity index (χ1) is 14.7. The highest BCUT2D eigenvalue weighted by molar-refractivity contribution is 8.02. The summed E-state index contributed by atoms with van der Waals surface area (Å²) in [7, 11) is 0. The SMILES string of the molecule is CC(C)c1ccc(CSc2nnc(SCc3nc(Cc4ccccc4)no3)s2)cc1. The van der Waals surface area contributed by atoms with Crippen molar-refractivity contribution in [2.24, 2.45) is 0 Å². The summed E-state index contributed by atoms with van der Waals surface area (Å²) >= 11 is 4.89. The Kier molecular flexibility index (Phi) is 7.20. The Labute approximate surface area is 188 Å². The van der Waals surface area contributed by atoms with Crippen LogP contribution in [0, 0.1) is 0 Å². The van der Waals surface area contributed by atoms with Crippen molar-refractivity contribution in [1.29, 1.82) is 0 Å². The minimum Gasteiger partial charge on any atom is -0.338 e. The normalized spacial score (nSPS) is 11.3. The second kappa shape index (κ2) is 10.2. The summed E-state index contributed by atoms with van der Waals surface area (Å²) in [6, 6.07) is 18.9. The molecule has 2 aromatic carbocycles. The fourth-order valence-electron chi connectivity index (χ4n) is 2.78. The third kappa shape index (κ3) is 5.93. The third-order valence-corrected chi connectivity index (χ3v) is 7.68. The highest BCUT2D eigenvalue weighted by Gasteiger charge is 2.11. The van der Waals surface area contributed by atoms with E-state index in [2.05, 4.69) is 70.6 Å². The predicted octanol–water partition coefficient (Wildman–Crippen LogP) is 6.22. The van der Waals surface area contributed by atoms with Gasteiger partial charge in [-0.3, -0.25) is 0 Å².